The number of hydrogen-bond acceptors (Lipinski definition) is 5. The maximum absolute atomic E-state index is 13.5. The topological polar surface area (TPSA) is 62.1 Å². The minimum Gasteiger partial charge on any atom is -0.491 e. The first-order valence-corrected chi connectivity index (χ1v) is 10.1. The molecular weight excluding hydrogens is 395 g/mol. The standard InChI is InChI=1S/C24H23FN4O2/c1-3-19(15-31-20-7-5-4-6-8-20)29-16-27-22(17-9-11-18(25)12-10-17)23(29)21-13-14-26-24(28-21)30-2/h4-14,16,19H,3,15H2,1-2H3. The van der Waals surface area contributed by atoms with Gasteiger partial charge in [0, 0.05) is 11.8 Å². The van der Waals surface area contributed by atoms with Gasteiger partial charge in [0.05, 0.1) is 36.6 Å². The number of imidazole rings is 1. The van der Waals surface area contributed by atoms with Crippen molar-refractivity contribution in [3.05, 3.63) is 79.0 Å². The molecule has 2 heterocycles. The number of aromatic nitrogens is 4. The maximum atomic E-state index is 13.5. The molecule has 2 aromatic heterocycles. The molecule has 6 nitrogen and oxygen atoms in total. The Hall–Kier alpha value is -3.74. The third kappa shape index (κ3) is 4.55. The molecule has 0 N–H and O–H groups in total. The van der Waals surface area contributed by atoms with E-state index in [1.807, 2.05) is 36.4 Å². The summed E-state index contributed by atoms with van der Waals surface area (Å²) < 4.78 is 26.8. The fourth-order valence-electron chi connectivity index (χ4n) is 3.39. The monoisotopic (exact) mass is 418 g/mol. The third-order valence-electron chi connectivity index (χ3n) is 5.02. The molecule has 7 heteroatoms. The average molecular weight is 418 g/mol. The molecule has 0 bridgehead atoms. The second-order valence-electron chi connectivity index (χ2n) is 6.97. The van der Waals surface area contributed by atoms with E-state index in [4.69, 9.17) is 9.47 Å². The molecule has 1 atom stereocenters. The van der Waals surface area contributed by atoms with Crippen molar-refractivity contribution in [3.8, 4) is 34.4 Å². The van der Waals surface area contributed by atoms with Crippen molar-refractivity contribution in [2.75, 3.05) is 13.7 Å². The third-order valence-corrected chi connectivity index (χ3v) is 5.02. The first-order valence-electron chi connectivity index (χ1n) is 10.1. The fourth-order valence-corrected chi connectivity index (χ4v) is 3.39. The second-order valence-corrected chi connectivity index (χ2v) is 6.97. The minimum absolute atomic E-state index is 0.0119. The van der Waals surface area contributed by atoms with Gasteiger partial charge >= 0.3 is 6.01 Å². The highest BCUT2D eigenvalue weighted by Crippen LogP contribution is 2.33. The molecule has 158 valence electrons. The van der Waals surface area contributed by atoms with Crippen LogP contribution in [-0.2, 0) is 0 Å². The van der Waals surface area contributed by atoms with Crippen molar-refractivity contribution in [1.82, 2.24) is 19.5 Å². The largest absolute Gasteiger partial charge is 0.491 e. The van der Waals surface area contributed by atoms with Gasteiger partial charge in [0.2, 0.25) is 0 Å². The normalized spacial score (nSPS) is 11.8. The molecule has 1 unspecified atom stereocenters. The van der Waals surface area contributed by atoms with Crippen LogP contribution >= 0.6 is 0 Å². The molecular formula is C24H23FN4O2. The molecule has 0 amide bonds. The molecule has 0 spiro atoms. The van der Waals surface area contributed by atoms with Gasteiger partial charge in [-0.25, -0.2) is 14.4 Å². The van der Waals surface area contributed by atoms with Crippen LogP contribution < -0.4 is 9.47 Å². The van der Waals surface area contributed by atoms with Gasteiger partial charge in [-0.2, -0.15) is 4.98 Å². The lowest BCUT2D eigenvalue weighted by Gasteiger charge is -2.20. The number of benzene rings is 2. The Morgan fingerprint density at radius 2 is 1.77 bits per heavy atom. The van der Waals surface area contributed by atoms with E-state index in [1.165, 1.54) is 19.2 Å². The van der Waals surface area contributed by atoms with Gasteiger partial charge in [0.15, 0.2) is 0 Å². The summed E-state index contributed by atoms with van der Waals surface area (Å²) >= 11 is 0. The number of hydrogen-bond donors (Lipinski definition) is 0. The van der Waals surface area contributed by atoms with Gasteiger partial charge < -0.3 is 14.0 Å². The zero-order valence-corrected chi connectivity index (χ0v) is 17.4. The summed E-state index contributed by atoms with van der Waals surface area (Å²) in [5.41, 5.74) is 2.98. The highest BCUT2D eigenvalue weighted by atomic mass is 19.1. The fraction of sp³-hybridized carbons (Fsp3) is 0.208. The van der Waals surface area contributed by atoms with Crippen molar-refractivity contribution in [2.24, 2.45) is 0 Å². The molecule has 31 heavy (non-hydrogen) atoms. The lowest BCUT2D eigenvalue weighted by atomic mass is 10.1. The van der Waals surface area contributed by atoms with Crippen LogP contribution in [0.25, 0.3) is 22.6 Å². The first kappa shape index (κ1) is 20.5. The summed E-state index contributed by atoms with van der Waals surface area (Å²) in [5.74, 6) is 0.515. The summed E-state index contributed by atoms with van der Waals surface area (Å²) in [6.07, 6.45) is 4.25. The van der Waals surface area contributed by atoms with Crippen molar-refractivity contribution in [3.63, 3.8) is 0 Å². The average Bonchev–Trinajstić information content (AvgIpc) is 3.26. The molecule has 4 aromatic rings. The predicted molar refractivity (Wildman–Crippen MR) is 116 cm³/mol. The van der Waals surface area contributed by atoms with Crippen molar-refractivity contribution < 1.29 is 13.9 Å². The maximum Gasteiger partial charge on any atom is 0.316 e. The van der Waals surface area contributed by atoms with Crippen LogP contribution in [0.5, 0.6) is 11.8 Å². The van der Waals surface area contributed by atoms with Gasteiger partial charge in [-0.1, -0.05) is 25.1 Å². The Balaban J connectivity index is 1.76. The van der Waals surface area contributed by atoms with Crippen LogP contribution in [0.2, 0.25) is 0 Å². The van der Waals surface area contributed by atoms with Gasteiger partial charge in [-0.05, 0) is 48.9 Å². The van der Waals surface area contributed by atoms with Gasteiger partial charge in [-0.15, -0.1) is 0 Å². The Morgan fingerprint density at radius 3 is 2.48 bits per heavy atom. The van der Waals surface area contributed by atoms with E-state index in [1.54, 1.807) is 24.7 Å². The summed E-state index contributed by atoms with van der Waals surface area (Å²) in [6, 6.07) is 18.1. The first-order chi connectivity index (χ1) is 15.2. The Labute approximate surface area is 180 Å². The highest BCUT2D eigenvalue weighted by Gasteiger charge is 2.22. The summed E-state index contributed by atoms with van der Waals surface area (Å²) in [4.78, 5) is 13.3. The van der Waals surface area contributed by atoms with E-state index in [0.29, 0.717) is 18.0 Å². The van der Waals surface area contributed by atoms with E-state index in [-0.39, 0.29) is 17.9 Å². The lowest BCUT2D eigenvalue weighted by Crippen LogP contribution is -2.17. The van der Waals surface area contributed by atoms with Crippen molar-refractivity contribution >= 4 is 0 Å². The van der Waals surface area contributed by atoms with Crippen LogP contribution in [-0.4, -0.2) is 33.2 Å². The van der Waals surface area contributed by atoms with Crippen LogP contribution in [0.1, 0.15) is 19.4 Å². The molecule has 0 aliphatic rings. The van der Waals surface area contributed by atoms with Crippen LogP contribution in [0.4, 0.5) is 4.39 Å². The number of halogens is 1. The van der Waals surface area contributed by atoms with E-state index in [0.717, 1.165) is 23.4 Å². The van der Waals surface area contributed by atoms with Gasteiger partial charge in [0.25, 0.3) is 0 Å². The van der Waals surface area contributed by atoms with Crippen LogP contribution in [0, 0.1) is 5.82 Å². The number of ether oxygens (including phenoxy) is 2. The van der Waals surface area contributed by atoms with E-state index >= 15 is 0 Å². The number of para-hydroxylation sites is 1. The van der Waals surface area contributed by atoms with Crippen molar-refractivity contribution in [2.45, 2.75) is 19.4 Å². The number of rotatable bonds is 8. The quantitative estimate of drug-likeness (QED) is 0.394. The zero-order valence-electron chi connectivity index (χ0n) is 17.4. The molecule has 0 fully saturated rings. The molecule has 0 aliphatic carbocycles. The smallest absolute Gasteiger partial charge is 0.316 e. The molecule has 0 radical (unpaired) electrons. The molecule has 4 rings (SSSR count). The molecule has 0 aliphatic heterocycles. The van der Waals surface area contributed by atoms with Crippen molar-refractivity contribution in [1.29, 1.82) is 0 Å². The molecule has 0 saturated carbocycles. The van der Waals surface area contributed by atoms with Gasteiger partial charge in [-0.3, -0.25) is 0 Å². The summed E-state index contributed by atoms with van der Waals surface area (Å²) in [5, 5.41) is 0. The SMILES string of the molecule is CCC(COc1ccccc1)n1cnc(-c2ccc(F)cc2)c1-c1ccnc(OC)n1. The Kier molecular flexibility index (Phi) is 6.21. The Morgan fingerprint density at radius 1 is 1.00 bits per heavy atom. The van der Waals surface area contributed by atoms with E-state index < -0.39 is 0 Å². The Bertz CT molecular complexity index is 1130. The minimum atomic E-state index is -0.295. The molecule has 0 saturated heterocycles. The lowest BCUT2D eigenvalue weighted by molar-refractivity contribution is 0.246. The van der Waals surface area contributed by atoms with Crippen LogP contribution in [0.15, 0.2) is 73.2 Å². The predicted octanol–water partition coefficient (Wildman–Crippen LogP) is 5.18. The van der Waals surface area contributed by atoms with Crippen LogP contribution in [0.3, 0.4) is 0 Å². The number of nitrogens with zero attached hydrogens (tertiary/aromatic N) is 4. The van der Waals surface area contributed by atoms with E-state index in [9.17, 15) is 4.39 Å². The zero-order chi connectivity index (χ0) is 21.6. The summed E-state index contributed by atoms with van der Waals surface area (Å²) in [7, 11) is 1.53. The summed E-state index contributed by atoms with van der Waals surface area (Å²) in [6.45, 7) is 2.57. The second kappa shape index (κ2) is 9.38. The number of methoxy groups -OCH3 is 1. The van der Waals surface area contributed by atoms with Gasteiger partial charge in [0.1, 0.15) is 18.2 Å². The highest BCUT2D eigenvalue weighted by molar-refractivity contribution is 5.77. The molecule has 2 aromatic carbocycles. The van der Waals surface area contributed by atoms with E-state index in [2.05, 4.69) is 26.4 Å².